The van der Waals surface area contributed by atoms with Crippen molar-refractivity contribution in [2.75, 3.05) is 0 Å². The number of nitrogens with zero attached hydrogens (tertiary/aromatic N) is 2. The van der Waals surface area contributed by atoms with Crippen molar-refractivity contribution in [3.05, 3.63) is 132 Å². The molecule has 8 heteroatoms. The Kier molecular flexibility index (Phi) is 7.20. The van der Waals surface area contributed by atoms with Gasteiger partial charge in [-0.15, -0.1) is 16.4 Å². The van der Waals surface area contributed by atoms with E-state index in [0.29, 0.717) is 34.0 Å². The van der Waals surface area contributed by atoms with E-state index in [0.717, 1.165) is 60.3 Å². The van der Waals surface area contributed by atoms with E-state index in [2.05, 4.69) is 48.1 Å². The molecule has 0 unspecified atom stereocenters. The van der Waals surface area contributed by atoms with Gasteiger partial charge < -0.3 is 14.2 Å². The van der Waals surface area contributed by atoms with E-state index in [1.54, 1.807) is 6.08 Å². The lowest BCUT2D eigenvalue weighted by Crippen LogP contribution is -2.42. The lowest BCUT2D eigenvalue weighted by atomic mass is 9.67. The van der Waals surface area contributed by atoms with Crippen molar-refractivity contribution in [3.8, 4) is 0 Å². The molecule has 46 heavy (non-hydrogen) atoms. The van der Waals surface area contributed by atoms with Crippen LogP contribution in [0.4, 0.5) is 0 Å². The van der Waals surface area contributed by atoms with Crippen LogP contribution in [0, 0.1) is 6.92 Å². The van der Waals surface area contributed by atoms with Crippen LogP contribution >= 0.6 is 0 Å². The van der Waals surface area contributed by atoms with Crippen LogP contribution in [-0.4, -0.2) is 53.5 Å². The van der Waals surface area contributed by atoms with Crippen LogP contribution in [0.2, 0.25) is 0 Å². The SMILES string of the molecule is [B]/C(O)=C(\C([B])=C1\Cc2c([B])c([B])c([B])c(C)c2C1=C)n1c2ccccc2c2cc3c4ccccc4n(/C=C/C=C\C=C)c3cc21. The minimum absolute atomic E-state index is 0.263. The molecule has 10 radical (unpaired) electrons. The highest BCUT2D eigenvalue weighted by Crippen LogP contribution is 2.43. The second-order valence-corrected chi connectivity index (χ2v) is 11.6. The first-order chi connectivity index (χ1) is 22.1. The minimum atomic E-state index is -0.421. The number of aromatic nitrogens is 2. The largest absolute Gasteiger partial charge is 0.522 e. The third-order valence-electron chi connectivity index (χ3n) is 9.15. The third kappa shape index (κ3) is 4.27. The molecule has 0 saturated heterocycles. The van der Waals surface area contributed by atoms with Crippen LogP contribution in [-0.2, 0) is 6.42 Å². The van der Waals surface area contributed by atoms with Gasteiger partial charge >= 0.3 is 0 Å². The summed E-state index contributed by atoms with van der Waals surface area (Å²) in [7, 11) is 32.3. The summed E-state index contributed by atoms with van der Waals surface area (Å²) in [4.78, 5) is 0. The van der Waals surface area contributed by atoms with E-state index in [9.17, 15) is 5.11 Å². The number of rotatable bonds is 5. The summed E-state index contributed by atoms with van der Waals surface area (Å²) < 4.78 is 4.09. The molecule has 0 amide bonds. The van der Waals surface area contributed by atoms with Crippen molar-refractivity contribution < 1.29 is 5.11 Å². The van der Waals surface area contributed by atoms with Gasteiger partial charge in [0.25, 0.3) is 0 Å². The monoisotopic (exact) mass is 580 g/mol. The van der Waals surface area contributed by atoms with Crippen molar-refractivity contribution in [3.63, 3.8) is 0 Å². The molecule has 2 aromatic heterocycles. The molecule has 1 N–H and O–H groups in total. The van der Waals surface area contributed by atoms with Crippen LogP contribution in [0.1, 0.15) is 16.7 Å². The number of hydrogen-bond acceptors (Lipinski definition) is 1. The molecule has 0 aliphatic heterocycles. The second kappa shape index (κ2) is 11.1. The standard InChI is InChI=1S/C38H25B5N2O/c1-4-5-6-11-16-44-28-14-9-7-12-22(28)25-18-26-23-13-8-10-15-29(23)45(31(26)19-30(25)44)37(38(43)46)35(41)24-17-27-32(20(24)2)21(3)33(39)36(42)34(27)40/h4-16,18-19,46H,1-2,17H2,3H3/b6-5-,16-11+,35-24+,38-37-. The van der Waals surface area contributed by atoms with Crippen LogP contribution in [0.15, 0.2) is 115 Å². The van der Waals surface area contributed by atoms with E-state index in [1.165, 1.54) is 0 Å². The van der Waals surface area contributed by atoms with Gasteiger partial charge in [-0.2, -0.15) is 0 Å². The summed E-state index contributed by atoms with van der Waals surface area (Å²) in [6.45, 7) is 10.0. The number of benzene rings is 4. The van der Waals surface area contributed by atoms with Crippen molar-refractivity contribution in [2.24, 2.45) is 0 Å². The number of para-hydroxylation sites is 2. The highest BCUT2D eigenvalue weighted by Gasteiger charge is 2.28. The van der Waals surface area contributed by atoms with Crippen LogP contribution < -0.4 is 16.4 Å². The third-order valence-corrected chi connectivity index (χ3v) is 9.15. The van der Waals surface area contributed by atoms with Gasteiger partial charge in [0, 0.05) is 27.7 Å². The van der Waals surface area contributed by atoms with Crippen LogP contribution in [0.25, 0.3) is 61.1 Å². The molecule has 1 aliphatic rings. The average Bonchev–Trinajstić information content (AvgIpc) is 3.67. The van der Waals surface area contributed by atoms with Crippen LogP contribution in [0.3, 0.4) is 0 Å². The first kappa shape index (κ1) is 29.7. The number of allylic oxidation sites excluding steroid dienone is 8. The normalized spacial score (nSPS) is 15.2. The molecule has 7 rings (SSSR count). The Morgan fingerprint density at radius 1 is 0.783 bits per heavy atom. The van der Waals surface area contributed by atoms with Gasteiger partial charge in [0.05, 0.1) is 33.4 Å². The fourth-order valence-corrected chi connectivity index (χ4v) is 6.95. The molecule has 0 fully saturated rings. The van der Waals surface area contributed by atoms with Gasteiger partial charge in [0.1, 0.15) is 31.4 Å². The highest BCUT2D eigenvalue weighted by atomic mass is 16.3. The maximum atomic E-state index is 11.2. The van der Waals surface area contributed by atoms with Gasteiger partial charge in [0.2, 0.25) is 0 Å². The molecule has 0 spiro atoms. The first-order valence-electron chi connectivity index (χ1n) is 14.9. The molecular formula is C38H25B5N2O. The average molecular weight is 580 g/mol. The number of aliphatic hydroxyl groups is 1. The second-order valence-electron chi connectivity index (χ2n) is 11.6. The molecular weight excluding hydrogens is 554 g/mol. The summed E-state index contributed by atoms with van der Waals surface area (Å²) in [6, 6.07) is 20.6. The molecule has 0 bridgehead atoms. The Balaban J connectivity index is 1.54. The lowest BCUT2D eigenvalue weighted by molar-refractivity contribution is 0.452. The quantitative estimate of drug-likeness (QED) is 0.167. The predicted octanol–water partition coefficient (Wildman–Crippen LogP) is 5.35. The molecule has 6 aromatic rings. The van der Waals surface area contributed by atoms with Gasteiger partial charge in [-0.05, 0) is 66.0 Å². The fraction of sp³-hybridized carbons (Fsp3) is 0.0526. The molecule has 2 heterocycles. The Morgan fingerprint density at radius 3 is 2.13 bits per heavy atom. The van der Waals surface area contributed by atoms with E-state index in [4.69, 9.17) is 39.2 Å². The molecule has 208 valence electrons. The van der Waals surface area contributed by atoms with E-state index < -0.39 is 5.66 Å². The van der Waals surface area contributed by atoms with Crippen molar-refractivity contribution in [2.45, 2.75) is 13.3 Å². The van der Waals surface area contributed by atoms with E-state index in [-0.39, 0.29) is 11.2 Å². The maximum Gasteiger partial charge on any atom is 0.169 e. The van der Waals surface area contributed by atoms with Gasteiger partial charge in [0.15, 0.2) is 7.85 Å². The fourth-order valence-electron chi connectivity index (χ4n) is 6.95. The zero-order chi connectivity index (χ0) is 32.4. The van der Waals surface area contributed by atoms with Gasteiger partial charge in [-0.3, -0.25) is 0 Å². The number of hydrogen-bond donors (Lipinski definition) is 1. The van der Waals surface area contributed by atoms with E-state index in [1.807, 2.05) is 66.3 Å². The summed E-state index contributed by atoms with van der Waals surface area (Å²) in [5.74, 6) is 0. The Bertz CT molecular complexity index is 2450. The molecule has 1 aliphatic carbocycles. The summed E-state index contributed by atoms with van der Waals surface area (Å²) in [5, 5.41) is 15.4. The predicted molar refractivity (Wildman–Crippen MR) is 202 cm³/mol. The Labute approximate surface area is 275 Å². The van der Waals surface area contributed by atoms with Crippen molar-refractivity contribution in [1.29, 1.82) is 0 Å². The van der Waals surface area contributed by atoms with Crippen LogP contribution in [0.5, 0.6) is 0 Å². The van der Waals surface area contributed by atoms with Crippen molar-refractivity contribution >= 4 is 117 Å². The molecule has 0 atom stereocenters. The van der Waals surface area contributed by atoms with E-state index >= 15 is 0 Å². The Morgan fingerprint density at radius 2 is 1.43 bits per heavy atom. The summed E-state index contributed by atoms with van der Waals surface area (Å²) in [5.41, 5.74) is 8.81. The lowest BCUT2D eigenvalue weighted by Gasteiger charge is -2.19. The zero-order valence-electron chi connectivity index (χ0n) is 25.5. The minimum Gasteiger partial charge on any atom is -0.522 e. The van der Waals surface area contributed by atoms with Gasteiger partial charge in [-0.1, -0.05) is 78.8 Å². The Hall–Kier alpha value is -4.96. The number of fused-ring (bicyclic) bond motifs is 7. The van der Waals surface area contributed by atoms with Gasteiger partial charge in [-0.25, -0.2) is 0 Å². The van der Waals surface area contributed by atoms with Crippen molar-refractivity contribution in [1.82, 2.24) is 9.13 Å². The smallest absolute Gasteiger partial charge is 0.169 e. The zero-order valence-corrected chi connectivity index (χ0v) is 25.5. The molecule has 4 aromatic carbocycles. The highest BCUT2D eigenvalue weighted by molar-refractivity contribution is 6.58. The summed E-state index contributed by atoms with van der Waals surface area (Å²) >= 11 is 0. The topological polar surface area (TPSA) is 30.1 Å². The number of aliphatic hydroxyl groups excluding tert-OH is 1. The molecule has 3 nitrogen and oxygen atoms in total. The summed E-state index contributed by atoms with van der Waals surface area (Å²) in [6.07, 6.45) is 9.92. The first-order valence-corrected chi connectivity index (χ1v) is 14.9. The molecule has 0 saturated carbocycles. The maximum absolute atomic E-state index is 11.2.